The molecule has 1 fully saturated rings. The Labute approximate surface area is 205 Å². The van der Waals surface area contributed by atoms with Crippen LogP contribution in [-0.2, 0) is 11.2 Å². The molecule has 0 aliphatic carbocycles. The molecule has 4 heteroatoms. The smallest absolute Gasteiger partial charge is 0.0557 e. The zero-order valence-electron chi connectivity index (χ0n) is 19.0. The number of rotatable bonds is 3. The minimum atomic E-state index is 0.878. The zero-order valence-corrected chi connectivity index (χ0v) is 20.7. The summed E-state index contributed by atoms with van der Waals surface area (Å²) in [5.41, 5.74) is 4.14. The Morgan fingerprint density at radius 1 is 0.667 bits per heavy atom. The van der Waals surface area contributed by atoms with Crippen LogP contribution in [0.2, 0.25) is 0 Å². The first-order valence-electron chi connectivity index (χ1n) is 11.8. The zero-order chi connectivity index (χ0) is 22.3. The van der Waals surface area contributed by atoms with Gasteiger partial charge in [-0.2, -0.15) is 23.5 Å². The summed E-state index contributed by atoms with van der Waals surface area (Å²) in [5, 5.41) is 5.37. The fourth-order valence-corrected chi connectivity index (χ4v) is 6.17. The Balaban J connectivity index is 1.37. The van der Waals surface area contributed by atoms with Crippen molar-refractivity contribution in [2.75, 3.05) is 54.2 Å². The minimum Gasteiger partial charge on any atom is -0.380 e. The monoisotopic (exact) mass is 473 g/mol. The van der Waals surface area contributed by atoms with Gasteiger partial charge in [0.25, 0.3) is 0 Å². The number of nitrogens with zero attached hydrogens (tertiary/aromatic N) is 1. The van der Waals surface area contributed by atoms with Crippen molar-refractivity contribution in [1.82, 2.24) is 0 Å². The van der Waals surface area contributed by atoms with E-state index in [1.54, 1.807) is 0 Å². The molecule has 0 atom stereocenters. The number of hydrogen-bond acceptors (Lipinski definition) is 4. The van der Waals surface area contributed by atoms with Crippen LogP contribution in [0.15, 0.2) is 78.9 Å². The molecule has 5 rings (SSSR count). The number of benzene rings is 4. The first-order chi connectivity index (χ1) is 16.4. The third kappa shape index (κ3) is 5.68. The van der Waals surface area contributed by atoms with Gasteiger partial charge < -0.3 is 9.64 Å². The summed E-state index contributed by atoms with van der Waals surface area (Å²) in [4.78, 5) is 2.56. The molecule has 1 heterocycles. The predicted molar refractivity (Wildman–Crippen MR) is 148 cm³/mol. The van der Waals surface area contributed by atoms with Crippen molar-refractivity contribution in [2.24, 2.45) is 0 Å². The molecule has 0 saturated carbocycles. The van der Waals surface area contributed by atoms with E-state index in [4.69, 9.17) is 4.74 Å². The van der Waals surface area contributed by atoms with Crippen molar-refractivity contribution in [3.63, 3.8) is 0 Å². The lowest BCUT2D eigenvalue weighted by atomic mass is 9.92. The van der Waals surface area contributed by atoms with Crippen molar-refractivity contribution in [2.45, 2.75) is 6.42 Å². The van der Waals surface area contributed by atoms with E-state index in [0.717, 1.165) is 55.7 Å². The number of hydrogen-bond donors (Lipinski definition) is 0. The summed E-state index contributed by atoms with van der Waals surface area (Å²) in [6.45, 7) is 3.95. The molecule has 1 saturated heterocycles. The van der Waals surface area contributed by atoms with Gasteiger partial charge in [-0.15, -0.1) is 0 Å². The molecule has 0 bridgehead atoms. The van der Waals surface area contributed by atoms with Gasteiger partial charge in [-0.1, -0.05) is 60.7 Å². The normalized spacial score (nSPS) is 16.4. The molecule has 1 aliphatic heterocycles. The molecule has 2 nitrogen and oxygen atoms in total. The van der Waals surface area contributed by atoms with E-state index in [1.807, 2.05) is 23.5 Å². The summed E-state index contributed by atoms with van der Waals surface area (Å²) < 4.78 is 5.68. The van der Waals surface area contributed by atoms with Gasteiger partial charge in [-0.25, -0.2) is 0 Å². The van der Waals surface area contributed by atoms with Crippen LogP contribution in [0.4, 0.5) is 5.69 Å². The topological polar surface area (TPSA) is 12.5 Å². The Hall–Kier alpha value is -2.14. The number of ether oxygens (including phenoxy) is 1. The van der Waals surface area contributed by atoms with Crippen LogP contribution < -0.4 is 4.90 Å². The van der Waals surface area contributed by atoms with Crippen molar-refractivity contribution >= 4 is 50.8 Å². The average Bonchev–Trinajstić information content (AvgIpc) is 2.85. The summed E-state index contributed by atoms with van der Waals surface area (Å²) in [7, 11) is 0. The Kier molecular flexibility index (Phi) is 7.77. The highest BCUT2D eigenvalue weighted by Crippen LogP contribution is 2.30. The second-order valence-electron chi connectivity index (χ2n) is 8.46. The van der Waals surface area contributed by atoms with Gasteiger partial charge >= 0.3 is 0 Å². The minimum absolute atomic E-state index is 0.878. The molecule has 1 aliphatic rings. The fraction of sp³-hybridized carbons (Fsp3) is 0.310. The molecule has 0 N–H and O–H groups in total. The quantitative estimate of drug-likeness (QED) is 0.300. The van der Waals surface area contributed by atoms with Crippen molar-refractivity contribution in [1.29, 1.82) is 0 Å². The van der Waals surface area contributed by atoms with E-state index in [0.29, 0.717) is 0 Å². The van der Waals surface area contributed by atoms with Crippen LogP contribution in [0.1, 0.15) is 11.1 Å². The lowest BCUT2D eigenvalue weighted by molar-refractivity contribution is 0.167. The Bertz CT molecular complexity index is 1130. The fourth-order valence-electron chi connectivity index (χ4n) is 4.59. The van der Waals surface area contributed by atoms with Gasteiger partial charge in [0, 0.05) is 41.8 Å². The molecule has 0 unspecified atom stereocenters. The first kappa shape index (κ1) is 22.6. The predicted octanol–water partition coefficient (Wildman–Crippen LogP) is 6.89. The molecule has 4 aromatic rings. The molecule has 0 amide bonds. The van der Waals surface area contributed by atoms with Crippen LogP contribution in [-0.4, -0.2) is 49.3 Å². The second kappa shape index (κ2) is 11.3. The molecule has 0 aromatic heterocycles. The molecule has 4 aromatic carbocycles. The highest BCUT2D eigenvalue weighted by atomic mass is 32.2. The molecular weight excluding hydrogens is 442 g/mol. The van der Waals surface area contributed by atoms with Gasteiger partial charge in [0.15, 0.2) is 0 Å². The van der Waals surface area contributed by atoms with E-state index in [1.165, 1.54) is 38.4 Å². The second-order valence-corrected chi connectivity index (χ2v) is 10.9. The Morgan fingerprint density at radius 3 is 1.85 bits per heavy atom. The highest BCUT2D eigenvalue weighted by molar-refractivity contribution is 7.99. The largest absolute Gasteiger partial charge is 0.380 e. The summed E-state index contributed by atoms with van der Waals surface area (Å²) in [6.07, 6.45) is 0.952. The summed E-state index contributed by atoms with van der Waals surface area (Å²) in [6, 6.07) is 29.2. The maximum atomic E-state index is 5.68. The van der Waals surface area contributed by atoms with Gasteiger partial charge in [0.05, 0.1) is 13.2 Å². The van der Waals surface area contributed by atoms with Crippen LogP contribution in [0.25, 0.3) is 21.5 Å². The van der Waals surface area contributed by atoms with E-state index >= 15 is 0 Å². The lowest BCUT2D eigenvalue weighted by Gasteiger charge is -2.25. The number of anilines is 1. The maximum absolute atomic E-state index is 5.68. The molecule has 0 radical (unpaired) electrons. The van der Waals surface area contributed by atoms with E-state index in [9.17, 15) is 0 Å². The average molecular weight is 474 g/mol. The Morgan fingerprint density at radius 2 is 1.24 bits per heavy atom. The summed E-state index contributed by atoms with van der Waals surface area (Å²) in [5.74, 6) is 4.49. The van der Waals surface area contributed by atoms with Gasteiger partial charge in [0.2, 0.25) is 0 Å². The third-order valence-electron chi connectivity index (χ3n) is 6.32. The lowest BCUT2D eigenvalue weighted by Crippen LogP contribution is -2.29. The van der Waals surface area contributed by atoms with Gasteiger partial charge in [-0.3, -0.25) is 0 Å². The van der Waals surface area contributed by atoms with Crippen LogP contribution >= 0.6 is 23.5 Å². The number of thioether (sulfide) groups is 2. The van der Waals surface area contributed by atoms with Gasteiger partial charge in [-0.05, 0) is 57.3 Å². The molecule has 0 spiro atoms. The molecule has 33 heavy (non-hydrogen) atoms. The van der Waals surface area contributed by atoms with Crippen LogP contribution in [0.5, 0.6) is 0 Å². The van der Waals surface area contributed by atoms with Crippen molar-refractivity contribution in [3.05, 3.63) is 90.0 Å². The van der Waals surface area contributed by atoms with Crippen molar-refractivity contribution < 1.29 is 4.74 Å². The van der Waals surface area contributed by atoms with E-state index < -0.39 is 0 Å². The highest BCUT2D eigenvalue weighted by Gasteiger charge is 2.11. The first-order valence-corrected chi connectivity index (χ1v) is 14.2. The maximum Gasteiger partial charge on any atom is 0.0557 e. The van der Waals surface area contributed by atoms with E-state index in [-0.39, 0.29) is 0 Å². The molecule has 170 valence electrons. The van der Waals surface area contributed by atoms with Crippen LogP contribution in [0.3, 0.4) is 0 Å². The van der Waals surface area contributed by atoms with Gasteiger partial charge in [0.1, 0.15) is 0 Å². The van der Waals surface area contributed by atoms with Crippen molar-refractivity contribution in [3.8, 4) is 0 Å². The summed E-state index contributed by atoms with van der Waals surface area (Å²) >= 11 is 4.00. The van der Waals surface area contributed by atoms with E-state index in [2.05, 4.69) is 83.8 Å². The molecular formula is C29H31NOS2. The standard InChI is InChI=1S/C29H31NOS2/c1-3-7-27-24(5-1)22-25-6-2-4-8-28(25)29(27)21-23-9-11-26(12-10-23)30-13-17-32-19-15-31-16-20-33-18-14-30/h1-12,22H,13-21H2. The third-order valence-corrected chi connectivity index (χ3v) is 8.17. The SMILES string of the molecule is c1ccc2c(Cc3ccc(N4CCSCCOCCSCC4)cc3)c3ccccc3cc2c1. The number of fused-ring (bicyclic) bond motifs is 2. The van der Waals surface area contributed by atoms with Crippen LogP contribution in [0, 0.1) is 0 Å².